The minimum Gasteiger partial charge on any atom is -0.261 e. The highest BCUT2D eigenvalue weighted by Gasteiger charge is 2.18. The molecule has 2 heteroatoms. The molecule has 0 N–H and O–H groups in total. The van der Waals surface area contributed by atoms with E-state index in [-0.39, 0.29) is 0 Å². The molecule has 0 amide bonds. The van der Waals surface area contributed by atoms with Crippen molar-refractivity contribution in [2.45, 2.75) is 32.6 Å². The molecule has 0 fully saturated rings. The summed E-state index contributed by atoms with van der Waals surface area (Å²) >= 11 is 6.16. The van der Waals surface area contributed by atoms with Crippen molar-refractivity contribution >= 4 is 11.6 Å². The van der Waals surface area contributed by atoms with Gasteiger partial charge in [-0.05, 0) is 55.0 Å². The third-order valence-electron chi connectivity index (χ3n) is 3.83. The SMILES string of the molecule is CC1=CC(Cl)=CCC2=C1Cc1ncccc1CC2. The zero-order valence-corrected chi connectivity index (χ0v) is 11.3. The number of aryl methyl sites for hydroxylation is 1. The van der Waals surface area contributed by atoms with E-state index in [2.05, 4.69) is 30.1 Å². The van der Waals surface area contributed by atoms with Crippen LogP contribution in [0, 0.1) is 0 Å². The molecule has 0 radical (unpaired) electrons. The van der Waals surface area contributed by atoms with E-state index in [1.807, 2.05) is 12.3 Å². The molecule has 0 saturated heterocycles. The van der Waals surface area contributed by atoms with Crippen LogP contribution in [-0.2, 0) is 12.8 Å². The van der Waals surface area contributed by atoms with Crippen LogP contribution in [0.1, 0.15) is 31.0 Å². The zero-order chi connectivity index (χ0) is 12.5. The van der Waals surface area contributed by atoms with Crippen molar-refractivity contribution in [1.82, 2.24) is 4.98 Å². The lowest BCUT2D eigenvalue weighted by molar-refractivity contribution is 0.906. The van der Waals surface area contributed by atoms with Gasteiger partial charge in [0, 0.05) is 23.3 Å². The van der Waals surface area contributed by atoms with Crippen LogP contribution in [0.25, 0.3) is 0 Å². The Morgan fingerprint density at radius 2 is 2.17 bits per heavy atom. The molecular weight excluding hydrogens is 242 g/mol. The summed E-state index contributed by atoms with van der Waals surface area (Å²) in [7, 11) is 0. The molecule has 3 rings (SSSR count). The van der Waals surface area contributed by atoms with E-state index in [9.17, 15) is 0 Å². The van der Waals surface area contributed by atoms with Gasteiger partial charge in [-0.3, -0.25) is 4.98 Å². The summed E-state index contributed by atoms with van der Waals surface area (Å²) < 4.78 is 0. The molecule has 0 atom stereocenters. The van der Waals surface area contributed by atoms with Gasteiger partial charge < -0.3 is 0 Å². The number of allylic oxidation sites excluding steroid dienone is 6. The number of fused-ring (bicyclic) bond motifs is 1. The summed E-state index contributed by atoms with van der Waals surface area (Å²) in [5.74, 6) is 0. The Bertz CT molecular complexity index is 579. The zero-order valence-electron chi connectivity index (χ0n) is 10.5. The first-order valence-electron chi connectivity index (χ1n) is 6.42. The summed E-state index contributed by atoms with van der Waals surface area (Å²) in [6.07, 6.45) is 10.3. The molecule has 1 aromatic rings. The van der Waals surface area contributed by atoms with Gasteiger partial charge in [-0.15, -0.1) is 0 Å². The van der Waals surface area contributed by atoms with Gasteiger partial charge in [0.15, 0.2) is 0 Å². The highest BCUT2D eigenvalue weighted by atomic mass is 35.5. The van der Waals surface area contributed by atoms with Crippen LogP contribution >= 0.6 is 11.6 Å². The first-order valence-corrected chi connectivity index (χ1v) is 6.80. The highest BCUT2D eigenvalue weighted by molar-refractivity contribution is 6.31. The van der Waals surface area contributed by atoms with E-state index in [0.717, 1.165) is 30.7 Å². The van der Waals surface area contributed by atoms with Crippen molar-refractivity contribution in [2.75, 3.05) is 0 Å². The van der Waals surface area contributed by atoms with E-state index < -0.39 is 0 Å². The monoisotopic (exact) mass is 257 g/mol. The Hall–Kier alpha value is -1.34. The predicted molar refractivity (Wildman–Crippen MR) is 75.6 cm³/mol. The van der Waals surface area contributed by atoms with Crippen LogP contribution in [-0.4, -0.2) is 4.98 Å². The van der Waals surface area contributed by atoms with Crippen molar-refractivity contribution < 1.29 is 0 Å². The summed E-state index contributed by atoms with van der Waals surface area (Å²) in [4.78, 5) is 4.54. The summed E-state index contributed by atoms with van der Waals surface area (Å²) in [5, 5.41) is 0.863. The fraction of sp³-hybridized carbons (Fsp3) is 0.312. The molecule has 0 saturated carbocycles. The summed E-state index contributed by atoms with van der Waals surface area (Å²) in [6, 6.07) is 4.24. The number of rotatable bonds is 0. The van der Waals surface area contributed by atoms with Gasteiger partial charge in [-0.25, -0.2) is 0 Å². The molecule has 0 unspecified atom stereocenters. The highest BCUT2D eigenvalue weighted by Crippen LogP contribution is 2.33. The van der Waals surface area contributed by atoms with Crippen LogP contribution < -0.4 is 0 Å². The second-order valence-corrected chi connectivity index (χ2v) is 5.43. The van der Waals surface area contributed by atoms with E-state index in [1.54, 1.807) is 0 Å². The predicted octanol–water partition coefficient (Wildman–Crippen LogP) is 4.34. The van der Waals surface area contributed by atoms with Crippen molar-refractivity contribution in [2.24, 2.45) is 0 Å². The number of aromatic nitrogens is 1. The fourth-order valence-electron chi connectivity index (χ4n) is 2.80. The van der Waals surface area contributed by atoms with Gasteiger partial charge in [0.25, 0.3) is 0 Å². The van der Waals surface area contributed by atoms with Crippen molar-refractivity contribution in [3.8, 4) is 0 Å². The maximum absolute atomic E-state index is 6.16. The van der Waals surface area contributed by atoms with Gasteiger partial charge in [-0.1, -0.05) is 29.3 Å². The van der Waals surface area contributed by atoms with Crippen molar-refractivity contribution in [3.63, 3.8) is 0 Å². The average Bonchev–Trinajstić information content (AvgIpc) is 2.62. The van der Waals surface area contributed by atoms with Gasteiger partial charge in [-0.2, -0.15) is 0 Å². The maximum atomic E-state index is 6.16. The van der Waals surface area contributed by atoms with Gasteiger partial charge >= 0.3 is 0 Å². The molecule has 2 aliphatic carbocycles. The van der Waals surface area contributed by atoms with E-state index in [4.69, 9.17) is 11.6 Å². The fourth-order valence-corrected chi connectivity index (χ4v) is 3.04. The maximum Gasteiger partial charge on any atom is 0.0479 e. The van der Waals surface area contributed by atoms with Crippen LogP contribution in [0.3, 0.4) is 0 Å². The molecule has 92 valence electrons. The Labute approximate surface area is 113 Å². The molecule has 0 aliphatic heterocycles. The molecule has 0 aromatic carbocycles. The standard InChI is InChI=1S/C16H16ClN/c1-11-9-14(17)7-6-12-4-5-13-3-2-8-18-16(13)10-15(11)12/h2-3,7-9H,4-6,10H2,1H3. The van der Waals surface area contributed by atoms with E-state index in [1.165, 1.54) is 28.0 Å². The molecule has 1 aromatic heterocycles. The van der Waals surface area contributed by atoms with Gasteiger partial charge in [0.2, 0.25) is 0 Å². The quantitative estimate of drug-likeness (QED) is 0.674. The minimum absolute atomic E-state index is 0.863. The molecule has 0 spiro atoms. The number of hydrogen-bond acceptors (Lipinski definition) is 1. The molecular formula is C16H16ClN. The molecule has 0 bridgehead atoms. The number of hydrogen-bond donors (Lipinski definition) is 0. The van der Waals surface area contributed by atoms with Crippen LogP contribution in [0.2, 0.25) is 0 Å². The van der Waals surface area contributed by atoms with Gasteiger partial charge in [0.1, 0.15) is 0 Å². The Morgan fingerprint density at radius 1 is 1.28 bits per heavy atom. The lowest BCUT2D eigenvalue weighted by Gasteiger charge is -2.10. The Morgan fingerprint density at radius 3 is 3.06 bits per heavy atom. The Kier molecular flexibility index (Phi) is 3.09. The third kappa shape index (κ3) is 2.15. The van der Waals surface area contributed by atoms with Gasteiger partial charge in [0.05, 0.1) is 0 Å². The number of nitrogens with zero attached hydrogens (tertiary/aromatic N) is 1. The van der Waals surface area contributed by atoms with Crippen molar-refractivity contribution in [1.29, 1.82) is 0 Å². The topological polar surface area (TPSA) is 12.9 Å². The normalized spacial score (nSPS) is 19.2. The van der Waals surface area contributed by atoms with E-state index in [0.29, 0.717) is 0 Å². The molecule has 1 heterocycles. The molecule has 1 nitrogen and oxygen atoms in total. The number of pyridine rings is 1. The minimum atomic E-state index is 0.863. The first kappa shape index (κ1) is 11.7. The largest absolute Gasteiger partial charge is 0.261 e. The second kappa shape index (κ2) is 4.74. The summed E-state index contributed by atoms with van der Waals surface area (Å²) in [5.41, 5.74) is 6.89. The lowest BCUT2D eigenvalue weighted by atomic mass is 9.96. The average molecular weight is 258 g/mol. The van der Waals surface area contributed by atoms with Crippen LogP contribution in [0.5, 0.6) is 0 Å². The lowest BCUT2D eigenvalue weighted by Crippen LogP contribution is -1.98. The van der Waals surface area contributed by atoms with Crippen LogP contribution in [0.15, 0.2) is 52.2 Å². The molecule has 18 heavy (non-hydrogen) atoms. The van der Waals surface area contributed by atoms with E-state index >= 15 is 0 Å². The first-order chi connectivity index (χ1) is 8.74. The smallest absolute Gasteiger partial charge is 0.0479 e. The van der Waals surface area contributed by atoms with Crippen LogP contribution in [0.4, 0.5) is 0 Å². The third-order valence-corrected chi connectivity index (χ3v) is 4.09. The second-order valence-electron chi connectivity index (χ2n) is 4.99. The number of halogens is 1. The Balaban J connectivity index is 2.04. The summed E-state index contributed by atoms with van der Waals surface area (Å²) in [6.45, 7) is 2.16. The van der Waals surface area contributed by atoms with Crippen molar-refractivity contribution in [3.05, 3.63) is 63.5 Å². The molecule has 2 aliphatic rings.